The number of aromatic nitrogens is 2. The average Bonchev–Trinajstić information content (AvgIpc) is 3.20. The number of rotatable bonds is 4. The van der Waals surface area contributed by atoms with Crippen LogP contribution in [0.25, 0.3) is 10.7 Å². The van der Waals surface area contributed by atoms with Crippen LogP contribution >= 0.6 is 11.3 Å². The Morgan fingerprint density at radius 1 is 1.41 bits per heavy atom. The molecule has 0 aliphatic heterocycles. The maximum Gasteiger partial charge on any atom is 0.258 e. The predicted molar refractivity (Wildman–Crippen MR) is 98.0 cm³/mol. The summed E-state index contributed by atoms with van der Waals surface area (Å²) in [6.45, 7) is 1.85. The molecule has 2 heterocycles. The summed E-state index contributed by atoms with van der Waals surface area (Å²) in [5, 5.41) is 15.5. The molecule has 8 heteroatoms. The first-order chi connectivity index (χ1) is 13.0. The first kappa shape index (κ1) is 17.4. The number of aryl methyl sites for hydroxylation is 1. The molecule has 0 unspecified atom stereocenters. The van der Waals surface area contributed by atoms with Gasteiger partial charge in [0.25, 0.3) is 5.91 Å². The quantitative estimate of drug-likeness (QED) is 0.710. The summed E-state index contributed by atoms with van der Waals surface area (Å²) < 4.78 is 19.4. The topological polar surface area (TPSA) is 91.8 Å². The first-order valence-corrected chi connectivity index (χ1v) is 9.32. The van der Waals surface area contributed by atoms with Crippen molar-refractivity contribution in [2.45, 2.75) is 32.1 Å². The molecule has 0 radical (unpaired) electrons. The van der Waals surface area contributed by atoms with E-state index in [9.17, 15) is 9.18 Å². The molecule has 1 aliphatic carbocycles. The van der Waals surface area contributed by atoms with Crippen LogP contribution in [0.15, 0.2) is 28.8 Å². The van der Waals surface area contributed by atoms with E-state index < -0.39 is 11.7 Å². The summed E-state index contributed by atoms with van der Waals surface area (Å²) in [6, 6.07) is 7.35. The number of nitrogens with zero attached hydrogens (tertiary/aromatic N) is 3. The minimum atomic E-state index is -0.733. The molecule has 1 saturated carbocycles. The van der Waals surface area contributed by atoms with E-state index >= 15 is 0 Å². The lowest BCUT2D eigenvalue weighted by molar-refractivity contribution is 0.102. The number of halogens is 1. The number of hydrogen-bond donors (Lipinski definition) is 1. The van der Waals surface area contributed by atoms with Crippen LogP contribution in [0.1, 0.15) is 51.9 Å². The van der Waals surface area contributed by atoms with Crippen molar-refractivity contribution in [3.63, 3.8) is 0 Å². The molecule has 1 aliphatic rings. The summed E-state index contributed by atoms with van der Waals surface area (Å²) in [5.41, 5.74) is 0.615. The van der Waals surface area contributed by atoms with Crippen molar-refractivity contribution in [1.82, 2.24) is 10.1 Å². The number of carbonyl (C=O) groups is 1. The first-order valence-electron chi connectivity index (χ1n) is 8.50. The fourth-order valence-corrected chi connectivity index (χ4v) is 3.73. The third kappa shape index (κ3) is 3.34. The van der Waals surface area contributed by atoms with Gasteiger partial charge in [-0.1, -0.05) is 11.6 Å². The normalized spacial score (nSPS) is 13.8. The van der Waals surface area contributed by atoms with E-state index in [2.05, 4.69) is 15.5 Å². The van der Waals surface area contributed by atoms with Gasteiger partial charge < -0.3 is 9.84 Å². The highest BCUT2D eigenvalue weighted by Gasteiger charge is 2.26. The second-order valence-electron chi connectivity index (χ2n) is 6.43. The third-order valence-electron chi connectivity index (χ3n) is 4.63. The summed E-state index contributed by atoms with van der Waals surface area (Å²) in [7, 11) is 0. The summed E-state index contributed by atoms with van der Waals surface area (Å²) >= 11 is 1.43. The predicted octanol–water partition coefficient (Wildman–Crippen LogP) is 4.64. The van der Waals surface area contributed by atoms with Crippen molar-refractivity contribution in [3.8, 4) is 16.8 Å². The smallest absolute Gasteiger partial charge is 0.258 e. The van der Waals surface area contributed by atoms with Gasteiger partial charge in [-0.3, -0.25) is 4.79 Å². The second kappa shape index (κ2) is 6.93. The van der Waals surface area contributed by atoms with Gasteiger partial charge in [0.2, 0.25) is 11.7 Å². The highest BCUT2D eigenvalue weighted by Crippen LogP contribution is 2.38. The van der Waals surface area contributed by atoms with Gasteiger partial charge in [-0.05, 0) is 44.0 Å². The molecule has 1 amide bonds. The maximum absolute atomic E-state index is 14.0. The van der Waals surface area contributed by atoms with Crippen molar-refractivity contribution < 1.29 is 13.7 Å². The Hall–Kier alpha value is -3.05. The minimum absolute atomic E-state index is 0.118. The highest BCUT2D eigenvalue weighted by atomic mass is 32.1. The molecule has 27 heavy (non-hydrogen) atoms. The van der Waals surface area contributed by atoms with Crippen LogP contribution < -0.4 is 5.32 Å². The Labute approximate surface area is 158 Å². The Kier molecular flexibility index (Phi) is 4.46. The Morgan fingerprint density at radius 2 is 2.22 bits per heavy atom. The monoisotopic (exact) mass is 382 g/mol. The standard InChI is InChI=1S/C19H15FN4O2S/c1-10-15(22-18(25)13-6-5-11(9-21)7-14(13)20)8-16(27-10)17-23-19(26-24-17)12-3-2-4-12/h5-8,12H,2-4H2,1H3,(H,22,25). The highest BCUT2D eigenvalue weighted by molar-refractivity contribution is 7.16. The number of hydrogen-bond acceptors (Lipinski definition) is 6. The van der Waals surface area contributed by atoms with Crippen molar-refractivity contribution >= 4 is 22.9 Å². The number of anilines is 1. The van der Waals surface area contributed by atoms with Gasteiger partial charge in [0.1, 0.15) is 5.82 Å². The zero-order valence-corrected chi connectivity index (χ0v) is 15.3. The number of amides is 1. The molecule has 0 atom stereocenters. The Balaban J connectivity index is 1.54. The summed E-state index contributed by atoms with van der Waals surface area (Å²) in [6.07, 6.45) is 3.33. The molecular weight excluding hydrogens is 367 g/mol. The van der Waals surface area contributed by atoms with Crippen LogP contribution in [0.2, 0.25) is 0 Å². The van der Waals surface area contributed by atoms with Gasteiger partial charge in [-0.25, -0.2) is 4.39 Å². The minimum Gasteiger partial charge on any atom is -0.339 e. The molecule has 1 N–H and O–H groups in total. The van der Waals surface area contributed by atoms with Gasteiger partial charge in [0.15, 0.2) is 0 Å². The zero-order valence-electron chi connectivity index (χ0n) is 14.5. The largest absolute Gasteiger partial charge is 0.339 e. The Morgan fingerprint density at radius 3 is 2.89 bits per heavy atom. The van der Waals surface area contributed by atoms with Crippen molar-refractivity contribution in [3.05, 3.63) is 52.0 Å². The van der Waals surface area contributed by atoms with E-state index in [4.69, 9.17) is 9.78 Å². The number of benzene rings is 1. The molecule has 3 aromatic rings. The molecule has 1 aromatic carbocycles. The molecule has 1 fully saturated rings. The number of nitriles is 1. The van der Waals surface area contributed by atoms with E-state index in [-0.39, 0.29) is 11.1 Å². The molecule has 0 bridgehead atoms. The lowest BCUT2D eigenvalue weighted by Gasteiger charge is -2.20. The van der Waals surface area contributed by atoms with E-state index in [0.717, 1.165) is 28.7 Å². The fraction of sp³-hybridized carbons (Fsp3) is 0.263. The van der Waals surface area contributed by atoms with Crippen LogP contribution in [0.3, 0.4) is 0 Å². The van der Waals surface area contributed by atoms with Crippen LogP contribution in [-0.2, 0) is 0 Å². The van der Waals surface area contributed by atoms with Crippen LogP contribution in [0, 0.1) is 24.1 Å². The summed E-state index contributed by atoms with van der Waals surface area (Å²) in [5.74, 6) is 0.198. The van der Waals surface area contributed by atoms with Gasteiger partial charge in [-0.15, -0.1) is 11.3 Å². The molecule has 2 aromatic heterocycles. The van der Waals surface area contributed by atoms with Gasteiger partial charge >= 0.3 is 0 Å². The molecule has 4 rings (SSSR count). The maximum atomic E-state index is 14.0. The SMILES string of the molecule is Cc1sc(-c2noc(C3CCC3)n2)cc1NC(=O)c1ccc(C#N)cc1F. The van der Waals surface area contributed by atoms with Crippen LogP contribution in [0.4, 0.5) is 10.1 Å². The molecular formula is C19H15FN4O2S. The van der Waals surface area contributed by atoms with Crippen molar-refractivity contribution in [2.75, 3.05) is 5.32 Å². The van der Waals surface area contributed by atoms with Crippen molar-refractivity contribution in [1.29, 1.82) is 5.26 Å². The van der Waals surface area contributed by atoms with Crippen LogP contribution in [-0.4, -0.2) is 16.0 Å². The number of thiophene rings is 1. The lowest BCUT2D eigenvalue weighted by atomic mass is 9.85. The number of carbonyl (C=O) groups excluding carboxylic acids is 1. The molecule has 6 nitrogen and oxygen atoms in total. The van der Waals surface area contributed by atoms with E-state index in [1.165, 1.54) is 29.9 Å². The lowest BCUT2D eigenvalue weighted by Crippen LogP contribution is -2.14. The summed E-state index contributed by atoms with van der Waals surface area (Å²) in [4.78, 5) is 18.5. The molecule has 136 valence electrons. The van der Waals surface area contributed by atoms with Crippen molar-refractivity contribution in [2.24, 2.45) is 0 Å². The zero-order chi connectivity index (χ0) is 19.0. The number of nitrogens with one attached hydrogen (secondary N) is 1. The third-order valence-corrected chi connectivity index (χ3v) is 5.67. The van der Waals surface area contributed by atoms with Gasteiger partial charge in [0.05, 0.1) is 27.8 Å². The average molecular weight is 382 g/mol. The van der Waals surface area contributed by atoms with Crippen LogP contribution in [0.5, 0.6) is 0 Å². The van der Waals surface area contributed by atoms with Gasteiger partial charge in [-0.2, -0.15) is 10.2 Å². The molecule has 0 saturated heterocycles. The van der Waals surface area contributed by atoms with E-state index in [1.807, 2.05) is 13.0 Å². The van der Waals surface area contributed by atoms with E-state index in [1.54, 1.807) is 6.07 Å². The van der Waals surface area contributed by atoms with E-state index in [0.29, 0.717) is 23.3 Å². The Bertz CT molecular complexity index is 1060. The van der Waals surface area contributed by atoms with Gasteiger partial charge in [0, 0.05) is 10.8 Å². The fourth-order valence-electron chi connectivity index (χ4n) is 2.83. The second-order valence-corrected chi connectivity index (χ2v) is 7.68. The molecule has 0 spiro atoms.